The number of hydrogen-bond donors (Lipinski definition) is 1. The predicted octanol–water partition coefficient (Wildman–Crippen LogP) is 4.10. The van der Waals surface area contributed by atoms with Crippen LogP contribution < -0.4 is 5.32 Å². The standard InChI is InChI=1S/C16H16F3N/c17-15-3-1-2-12(10-15)8-9-20-11-13-4-6-14(7-5-13)16(18)19/h1-7,10,16,20H,8-9,11H2. The highest BCUT2D eigenvalue weighted by atomic mass is 19.3. The first-order valence-corrected chi connectivity index (χ1v) is 6.47. The molecule has 0 spiro atoms. The summed E-state index contributed by atoms with van der Waals surface area (Å²) in [5.41, 5.74) is 1.92. The third-order valence-electron chi connectivity index (χ3n) is 3.04. The van der Waals surface area contributed by atoms with E-state index in [4.69, 9.17) is 0 Å². The van der Waals surface area contributed by atoms with Crippen molar-refractivity contribution in [2.75, 3.05) is 6.54 Å². The molecule has 0 aromatic heterocycles. The van der Waals surface area contributed by atoms with Gasteiger partial charge in [0.25, 0.3) is 6.43 Å². The molecule has 0 bridgehead atoms. The maximum atomic E-state index is 13.0. The molecule has 2 rings (SSSR count). The number of rotatable bonds is 6. The Morgan fingerprint density at radius 1 is 0.950 bits per heavy atom. The number of halogens is 3. The Balaban J connectivity index is 1.75. The van der Waals surface area contributed by atoms with Gasteiger partial charge in [-0.3, -0.25) is 0 Å². The summed E-state index contributed by atoms with van der Waals surface area (Å²) in [6.07, 6.45) is -1.70. The van der Waals surface area contributed by atoms with Gasteiger partial charge in [-0.25, -0.2) is 13.2 Å². The van der Waals surface area contributed by atoms with E-state index in [2.05, 4.69) is 5.32 Å². The lowest BCUT2D eigenvalue weighted by Gasteiger charge is -2.06. The van der Waals surface area contributed by atoms with Gasteiger partial charge in [-0.1, -0.05) is 36.4 Å². The zero-order valence-corrected chi connectivity index (χ0v) is 11.0. The maximum Gasteiger partial charge on any atom is 0.263 e. The Hall–Kier alpha value is -1.81. The van der Waals surface area contributed by atoms with Gasteiger partial charge in [-0.2, -0.15) is 0 Å². The second-order valence-electron chi connectivity index (χ2n) is 4.60. The van der Waals surface area contributed by atoms with Crippen LogP contribution in [0.25, 0.3) is 0 Å². The Kier molecular flexibility index (Phi) is 5.18. The molecule has 0 aliphatic heterocycles. The summed E-state index contributed by atoms with van der Waals surface area (Å²) in [5.74, 6) is -0.231. The molecule has 0 atom stereocenters. The molecular weight excluding hydrogens is 263 g/mol. The maximum absolute atomic E-state index is 13.0. The number of nitrogens with one attached hydrogen (secondary N) is 1. The van der Waals surface area contributed by atoms with E-state index in [0.717, 1.165) is 17.5 Å². The van der Waals surface area contributed by atoms with Crippen molar-refractivity contribution in [3.05, 3.63) is 71.0 Å². The molecule has 1 nitrogen and oxygen atoms in total. The molecule has 0 saturated heterocycles. The van der Waals surface area contributed by atoms with Crippen LogP contribution in [0.2, 0.25) is 0 Å². The molecule has 0 radical (unpaired) electrons. The van der Waals surface area contributed by atoms with E-state index in [1.54, 1.807) is 18.2 Å². The molecule has 0 aliphatic carbocycles. The molecule has 2 aromatic rings. The predicted molar refractivity (Wildman–Crippen MR) is 73.2 cm³/mol. The lowest BCUT2D eigenvalue weighted by atomic mass is 10.1. The van der Waals surface area contributed by atoms with Crippen molar-refractivity contribution >= 4 is 0 Å². The normalized spacial score (nSPS) is 11.0. The first-order valence-electron chi connectivity index (χ1n) is 6.47. The molecule has 0 aliphatic rings. The van der Waals surface area contributed by atoms with Crippen LogP contribution in [0.5, 0.6) is 0 Å². The summed E-state index contributed by atoms with van der Waals surface area (Å²) in [5, 5.41) is 3.21. The van der Waals surface area contributed by atoms with Crippen molar-refractivity contribution in [2.45, 2.75) is 19.4 Å². The summed E-state index contributed by atoms with van der Waals surface area (Å²) in [4.78, 5) is 0. The average molecular weight is 279 g/mol. The minimum Gasteiger partial charge on any atom is -0.312 e. The highest BCUT2D eigenvalue weighted by Crippen LogP contribution is 2.18. The van der Waals surface area contributed by atoms with E-state index in [1.165, 1.54) is 24.3 Å². The van der Waals surface area contributed by atoms with E-state index in [0.29, 0.717) is 13.1 Å². The van der Waals surface area contributed by atoms with Crippen LogP contribution in [0.1, 0.15) is 23.1 Å². The first kappa shape index (κ1) is 14.6. The number of hydrogen-bond acceptors (Lipinski definition) is 1. The SMILES string of the molecule is Fc1cccc(CCNCc2ccc(C(F)F)cc2)c1. The minimum atomic E-state index is -2.43. The van der Waals surface area contributed by atoms with Crippen molar-refractivity contribution in [1.82, 2.24) is 5.32 Å². The molecule has 106 valence electrons. The molecule has 0 amide bonds. The van der Waals surface area contributed by atoms with Crippen LogP contribution in [-0.4, -0.2) is 6.54 Å². The lowest BCUT2D eigenvalue weighted by molar-refractivity contribution is 0.151. The van der Waals surface area contributed by atoms with E-state index < -0.39 is 6.43 Å². The molecule has 0 fully saturated rings. The molecular formula is C16H16F3N. The molecule has 1 N–H and O–H groups in total. The van der Waals surface area contributed by atoms with Gasteiger partial charge in [-0.05, 0) is 36.2 Å². The van der Waals surface area contributed by atoms with Gasteiger partial charge in [0, 0.05) is 12.1 Å². The van der Waals surface area contributed by atoms with Crippen molar-refractivity contribution in [3.63, 3.8) is 0 Å². The Bertz CT molecular complexity index is 538. The fraction of sp³-hybridized carbons (Fsp3) is 0.250. The van der Waals surface area contributed by atoms with Gasteiger partial charge in [0.15, 0.2) is 0 Å². The van der Waals surface area contributed by atoms with E-state index in [1.807, 2.05) is 6.07 Å². The molecule has 20 heavy (non-hydrogen) atoms. The minimum absolute atomic E-state index is 0.0357. The topological polar surface area (TPSA) is 12.0 Å². The third kappa shape index (κ3) is 4.38. The average Bonchev–Trinajstić information content (AvgIpc) is 2.44. The number of benzene rings is 2. The van der Waals surface area contributed by atoms with Crippen molar-refractivity contribution in [2.24, 2.45) is 0 Å². The molecule has 2 aromatic carbocycles. The van der Waals surface area contributed by atoms with Gasteiger partial charge in [0.1, 0.15) is 5.82 Å². The van der Waals surface area contributed by atoms with Gasteiger partial charge >= 0.3 is 0 Å². The van der Waals surface area contributed by atoms with Crippen LogP contribution in [0.15, 0.2) is 48.5 Å². The van der Waals surface area contributed by atoms with Crippen molar-refractivity contribution in [3.8, 4) is 0 Å². The third-order valence-corrected chi connectivity index (χ3v) is 3.04. The zero-order chi connectivity index (χ0) is 14.4. The zero-order valence-electron chi connectivity index (χ0n) is 11.0. The Morgan fingerprint density at radius 3 is 2.35 bits per heavy atom. The number of alkyl halides is 2. The quantitative estimate of drug-likeness (QED) is 0.785. The second-order valence-corrected chi connectivity index (χ2v) is 4.60. The van der Waals surface area contributed by atoms with Gasteiger partial charge in [0.05, 0.1) is 0 Å². The molecule has 0 unspecified atom stereocenters. The first-order chi connectivity index (χ1) is 9.65. The van der Waals surface area contributed by atoms with Gasteiger partial charge in [0.2, 0.25) is 0 Å². The molecule has 0 saturated carbocycles. The monoisotopic (exact) mass is 279 g/mol. The van der Waals surface area contributed by atoms with Crippen LogP contribution in [0.3, 0.4) is 0 Å². The summed E-state index contributed by atoms with van der Waals surface area (Å²) in [6.45, 7) is 1.32. The van der Waals surface area contributed by atoms with Crippen molar-refractivity contribution in [1.29, 1.82) is 0 Å². The Morgan fingerprint density at radius 2 is 1.70 bits per heavy atom. The summed E-state index contributed by atoms with van der Waals surface area (Å²) < 4.78 is 37.7. The van der Waals surface area contributed by atoms with Crippen molar-refractivity contribution < 1.29 is 13.2 Å². The fourth-order valence-corrected chi connectivity index (χ4v) is 1.94. The van der Waals surface area contributed by atoms with Gasteiger partial charge < -0.3 is 5.32 Å². The Labute approximate surface area is 116 Å². The van der Waals surface area contributed by atoms with E-state index in [9.17, 15) is 13.2 Å². The second kappa shape index (κ2) is 7.10. The highest BCUT2D eigenvalue weighted by Gasteiger charge is 2.05. The largest absolute Gasteiger partial charge is 0.312 e. The van der Waals surface area contributed by atoms with Crippen LogP contribution in [0, 0.1) is 5.82 Å². The van der Waals surface area contributed by atoms with Crippen LogP contribution in [-0.2, 0) is 13.0 Å². The molecule has 4 heteroatoms. The van der Waals surface area contributed by atoms with Crippen LogP contribution >= 0.6 is 0 Å². The fourth-order valence-electron chi connectivity index (χ4n) is 1.94. The smallest absolute Gasteiger partial charge is 0.263 e. The van der Waals surface area contributed by atoms with E-state index in [-0.39, 0.29) is 11.4 Å². The summed E-state index contributed by atoms with van der Waals surface area (Å²) in [7, 11) is 0. The highest BCUT2D eigenvalue weighted by molar-refractivity contribution is 5.23. The van der Waals surface area contributed by atoms with Crippen LogP contribution in [0.4, 0.5) is 13.2 Å². The van der Waals surface area contributed by atoms with Gasteiger partial charge in [-0.15, -0.1) is 0 Å². The molecule has 0 heterocycles. The summed E-state index contributed by atoms with van der Waals surface area (Å²) >= 11 is 0. The lowest BCUT2D eigenvalue weighted by Crippen LogP contribution is -2.16. The summed E-state index contributed by atoms with van der Waals surface area (Å²) in [6, 6.07) is 12.8. The van der Waals surface area contributed by atoms with E-state index >= 15 is 0 Å².